The monoisotopic (exact) mass is 312 g/mol. The molecule has 0 saturated heterocycles. The van der Waals surface area contributed by atoms with Crippen LogP contribution in [-0.2, 0) is 6.54 Å². The average molecular weight is 312 g/mol. The largest absolute Gasteiger partial charge is 0.292 e. The van der Waals surface area contributed by atoms with Crippen molar-refractivity contribution in [1.82, 2.24) is 9.78 Å². The summed E-state index contributed by atoms with van der Waals surface area (Å²) in [5.41, 5.74) is 0.728. The lowest BCUT2D eigenvalue weighted by atomic mass is 10.1. The lowest BCUT2D eigenvalue weighted by Gasteiger charge is -2.01. The molecule has 0 amide bonds. The fourth-order valence-corrected chi connectivity index (χ4v) is 1.63. The van der Waals surface area contributed by atoms with Gasteiger partial charge in [0.1, 0.15) is 6.54 Å². The minimum atomic E-state index is 0.0788. The van der Waals surface area contributed by atoms with E-state index in [2.05, 4.69) is 27.7 Å². The smallest absolute Gasteiger partial charge is 0.184 e. The molecule has 0 unspecified atom stereocenters. The number of rotatable bonds is 3. The fourth-order valence-electron chi connectivity index (χ4n) is 1.27. The van der Waals surface area contributed by atoms with Crippen LogP contribution in [0.15, 0.2) is 42.7 Å². The van der Waals surface area contributed by atoms with E-state index in [9.17, 15) is 4.79 Å². The number of hydrogen-bond acceptors (Lipinski definition) is 2. The van der Waals surface area contributed by atoms with Crippen LogP contribution in [0.3, 0.4) is 0 Å². The van der Waals surface area contributed by atoms with Gasteiger partial charge in [-0.05, 0) is 40.8 Å². The first kappa shape index (κ1) is 10.4. The van der Waals surface area contributed by atoms with Gasteiger partial charge in [0.05, 0.1) is 0 Å². The Balaban J connectivity index is 2.11. The predicted octanol–water partition coefficient (Wildman–Crippen LogP) is 2.37. The summed E-state index contributed by atoms with van der Waals surface area (Å²) in [6, 6.07) is 9.34. The summed E-state index contributed by atoms with van der Waals surface area (Å²) in [6.07, 6.45) is 3.45. The number of aromatic nitrogens is 2. The van der Waals surface area contributed by atoms with Crippen LogP contribution in [0.4, 0.5) is 0 Å². The summed E-state index contributed by atoms with van der Waals surface area (Å²) < 4.78 is 2.75. The van der Waals surface area contributed by atoms with Gasteiger partial charge < -0.3 is 0 Å². The molecule has 2 rings (SSSR count). The number of halogens is 1. The molecular formula is C11H9IN2O. The fraction of sp³-hybridized carbons (Fsp3) is 0.0909. The highest BCUT2D eigenvalue weighted by Gasteiger charge is 2.05. The van der Waals surface area contributed by atoms with Crippen LogP contribution in [0.5, 0.6) is 0 Å². The lowest BCUT2D eigenvalue weighted by Crippen LogP contribution is -2.10. The van der Waals surface area contributed by atoms with Gasteiger partial charge in [0, 0.05) is 21.5 Å². The van der Waals surface area contributed by atoms with E-state index in [4.69, 9.17) is 0 Å². The molecule has 0 aliphatic rings. The Hall–Kier alpha value is -1.17. The third kappa shape index (κ3) is 2.65. The Bertz CT molecular complexity index is 448. The molecule has 0 bridgehead atoms. The molecule has 15 heavy (non-hydrogen) atoms. The van der Waals surface area contributed by atoms with Crippen molar-refractivity contribution in [2.24, 2.45) is 0 Å². The van der Waals surface area contributed by atoms with Gasteiger partial charge >= 0.3 is 0 Å². The van der Waals surface area contributed by atoms with Crippen LogP contribution in [0, 0.1) is 3.57 Å². The highest BCUT2D eigenvalue weighted by atomic mass is 127. The second kappa shape index (κ2) is 4.57. The van der Waals surface area contributed by atoms with Crippen molar-refractivity contribution in [2.75, 3.05) is 0 Å². The zero-order valence-electron chi connectivity index (χ0n) is 7.93. The molecule has 0 radical (unpaired) electrons. The number of hydrogen-bond donors (Lipinski definition) is 0. The highest BCUT2D eigenvalue weighted by molar-refractivity contribution is 14.1. The number of nitrogens with zero attached hydrogens (tertiary/aromatic N) is 2. The predicted molar refractivity (Wildman–Crippen MR) is 65.7 cm³/mol. The van der Waals surface area contributed by atoms with Crippen molar-refractivity contribution in [1.29, 1.82) is 0 Å². The first-order valence-corrected chi connectivity index (χ1v) is 5.60. The Labute approximate surface area is 101 Å². The van der Waals surface area contributed by atoms with Crippen LogP contribution >= 0.6 is 22.6 Å². The Morgan fingerprint density at radius 3 is 2.67 bits per heavy atom. The van der Waals surface area contributed by atoms with Crippen molar-refractivity contribution in [3.05, 3.63) is 51.9 Å². The molecule has 2 aromatic rings. The van der Waals surface area contributed by atoms with E-state index in [1.54, 1.807) is 23.1 Å². The lowest BCUT2D eigenvalue weighted by molar-refractivity contribution is 0.0967. The van der Waals surface area contributed by atoms with E-state index >= 15 is 0 Å². The summed E-state index contributed by atoms with van der Waals surface area (Å²) in [4.78, 5) is 11.8. The first-order chi connectivity index (χ1) is 7.25. The van der Waals surface area contributed by atoms with E-state index in [1.807, 2.05) is 24.3 Å². The van der Waals surface area contributed by atoms with Crippen molar-refractivity contribution < 1.29 is 4.79 Å². The van der Waals surface area contributed by atoms with Crippen molar-refractivity contribution in [2.45, 2.75) is 6.54 Å². The summed E-state index contributed by atoms with van der Waals surface area (Å²) in [7, 11) is 0. The van der Waals surface area contributed by atoms with Crippen molar-refractivity contribution in [3.63, 3.8) is 0 Å². The van der Waals surface area contributed by atoms with Crippen molar-refractivity contribution in [3.8, 4) is 0 Å². The Morgan fingerprint density at radius 1 is 1.33 bits per heavy atom. The molecule has 1 aromatic carbocycles. The maximum absolute atomic E-state index is 11.8. The minimum Gasteiger partial charge on any atom is -0.292 e. The van der Waals surface area contributed by atoms with E-state index in [-0.39, 0.29) is 5.78 Å². The van der Waals surface area contributed by atoms with Crippen LogP contribution in [-0.4, -0.2) is 15.6 Å². The quantitative estimate of drug-likeness (QED) is 0.644. The summed E-state index contributed by atoms with van der Waals surface area (Å²) >= 11 is 2.21. The minimum absolute atomic E-state index is 0.0788. The van der Waals surface area contributed by atoms with Gasteiger partial charge in [-0.25, -0.2) is 0 Å². The van der Waals surface area contributed by atoms with E-state index in [0.29, 0.717) is 6.54 Å². The number of ketones is 1. The number of benzene rings is 1. The van der Waals surface area contributed by atoms with Crippen molar-refractivity contribution >= 4 is 28.4 Å². The van der Waals surface area contributed by atoms with E-state index in [1.165, 1.54) is 0 Å². The topological polar surface area (TPSA) is 34.9 Å². The van der Waals surface area contributed by atoms with Gasteiger partial charge in [-0.1, -0.05) is 12.1 Å². The maximum Gasteiger partial charge on any atom is 0.184 e. The second-order valence-electron chi connectivity index (χ2n) is 3.13. The summed E-state index contributed by atoms with van der Waals surface area (Å²) in [6.45, 7) is 0.299. The van der Waals surface area contributed by atoms with Gasteiger partial charge in [0.15, 0.2) is 5.78 Å². The van der Waals surface area contributed by atoms with Crippen LogP contribution in [0.1, 0.15) is 10.4 Å². The van der Waals surface area contributed by atoms with Gasteiger partial charge in [-0.3, -0.25) is 9.48 Å². The SMILES string of the molecule is O=C(Cn1cccn1)c1ccc(I)cc1. The van der Waals surface area contributed by atoms with E-state index in [0.717, 1.165) is 9.13 Å². The molecule has 0 fully saturated rings. The van der Waals surface area contributed by atoms with Gasteiger partial charge in [-0.2, -0.15) is 5.10 Å². The summed E-state index contributed by atoms with van der Waals surface area (Å²) in [5, 5.41) is 3.99. The molecule has 0 N–H and O–H groups in total. The molecule has 0 atom stereocenters. The molecule has 3 nitrogen and oxygen atoms in total. The number of carbonyl (C=O) groups is 1. The standard InChI is InChI=1S/C11H9IN2O/c12-10-4-2-9(3-5-10)11(15)8-14-7-1-6-13-14/h1-7H,8H2. The highest BCUT2D eigenvalue weighted by Crippen LogP contribution is 2.08. The number of carbonyl (C=O) groups excluding carboxylic acids is 1. The third-order valence-corrected chi connectivity index (χ3v) is 2.75. The summed E-state index contributed by atoms with van der Waals surface area (Å²) in [5.74, 6) is 0.0788. The normalized spacial score (nSPS) is 10.2. The molecular weight excluding hydrogens is 303 g/mol. The average Bonchev–Trinajstić information content (AvgIpc) is 2.71. The van der Waals surface area contributed by atoms with Crippen LogP contribution in [0.2, 0.25) is 0 Å². The van der Waals surface area contributed by atoms with E-state index < -0.39 is 0 Å². The zero-order chi connectivity index (χ0) is 10.7. The van der Waals surface area contributed by atoms with Gasteiger partial charge in [0.25, 0.3) is 0 Å². The third-order valence-electron chi connectivity index (χ3n) is 2.03. The van der Waals surface area contributed by atoms with Crippen LogP contribution in [0.25, 0.3) is 0 Å². The molecule has 0 spiro atoms. The molecule has 1 aromatic heterocycles. The Kier molecular flexibility index (Phi) is 3.15. The number of Topliss-reactive ketones (excluding diaryl/α,β-unsaturated/α-hetero) is 1. The molecule has 0 aliphatic carbocycles. The molecule has 1 heterocycles. The van der Waals surface area contributed by atoms with Gasteiger partial charge in [-0.15, -0.1) is 0 Å². The van der Waals surface area contributed by atoms with Crippen LogP contribution < -0.4 is 0 Å². The maximum atomic E-state index is 11.8. The Morgan fingerprint density at radius 2 is 2.07 bits per heavy atom. The molecule has 0 aliphatic heterocycles. The molecule has 4 heteroatoms. The molecule has 76 valence electrons. The molecule has 0 saturated carbocycles. The van der Waals surface area contributed by atoms with Gasteiger partial charge in [0.2, 0.25) is 0 Å². The zero-order valence-corrected chi connectivity index (χ0v) is 10.1. The first-order valence-electron chi connectivity index (χ1n) is 4.52. The second-order valence-corrected chi connectivity index (χ2v) is 4.38.